The maximum absolute atomic E-state index is 11.8. The van der Waals surface area contributed by atoms with Crippen LogP contribution in [0.3, 0.4) is 0 Å². The molecule has 1 atom stereocenters. The van der Waals surface area contributed by atoms with Crippen molar-refractivity contribution in [2.45, 2.75) is 25.1 Å². The monoisotopic (exact) mass is 237 g/mol. The molecule has 0 aliphatic carbocycles. The van der Waals surface area contributed by atoms with Crippen molar-refractivity contribution < 1.29 is 18.0 Å². The summed E-state index contributed by atoms with van der Waals surface area (Å²) in [5.41, 5.74) is 5.51. The van der Waals surface area contributed by atoms with Gasteiger partial charge in [0.05, 0.1) is 12.5 Å². The molecule has 0 aliphatic heterocycles. The van der Waals surface area contributed by atoms with Crippen molar-refractivity contribution in [3.8, 4) is 0 Å². The first-order chi connectivity index (χ1) is 6.90. The Kier molecular flexibility index (Phi) is 3.87. The van der Waals surface area contributed by atoms with Crippen LogP contribution in [0.15, 0.2) is 17.5 Å². The van der Waals surface area contributed by atoms with Gasteiger partial charge in [-0.1, -0.05) is 6.07 Å². The van der Waals surface area contributed by atoms with Crippen molar-refractivity contribution in [1.82, 2.24) is 0 Å². The lowest BCUT2D eigenvalue weighted by atomic mass is 10.1. The van der Waals surface area contributed by atoms with E-state index in [1.165, 1.54) is 11.3 Å². The van der Waals surface area contributed by atoms with E-state index in [0.717, 1.165) is 0 Å². The summed E-state index contributed by atoms with van der Waals surface area (Å²) in [5, 5.41) is 1.73. The van der Waals surface area contributed by atoms with E-state index in [1.807, 2.05) is 0 Å². The van der Waals surface area contributed by atoms with Crippen LogP contribution >= 0.6 is 11.3 Å². The molecule has 2 N–H and O–H groups in total. The van der Waals surface area contributed by atoms with E-state index in [-0.39, 0.29) is 0 Å². The third kappa shape index (κ3) is 4.01. The molecule has 0 amide bonds. The first kappa shape index (κ1) is 12.2. The highest BCUT2D eigenvalue weighted by Crippen LogP contribution is 2.24. The third-order valence-electron chi connectivity index (χ3n) is 1.85. The van der Waals surface area contributed by atoms with Gasteiger partial charge in [0, 0.05) is 11.3 Å². The highest BCUT2D eigenvalue weighted by Gasteiger charge is 2.29. The summed E-state index contributed by atoms with van der Waals surface area (Å²) in [6.07, 6.45) is -5.96. The molecule has 0 radical (unpaired) electrons. The van der Waals surface area contributed by atoms with Gasteiger partial charge in [0.2, 0.25) is 0 Å². The molecule has 1 heterocycles. The number of Topliss-reactive ketones (excluding diaryl/α,β-unsaturated/α-hetero) is 1. The molecule has 1 aromatic heterocycles. The van der Waals surface area contributed by atoms with E-state index >= 15 is 0 Å². The summed E-state index contributed by atoms with van der Waals surface area (Å²) in [4.78, 5) is 11.9. The van der Waals surface area contributed by atoms with Crippen LogP contribution in [0.4, 0.5) is 13.2 Å². The summed E-state index contributed by atoms with van der Waals surface area (Å²) >= 11 is 1.27. The number of thiophene rings is 1. The molecule has 0 saturated carbocycles. The Balaban J connectivity index is 2.48. The maximum Gasteiger partial charge on any atom is 0.389 e. The highest BCUT2D eigenvalue weighted by molar-refractivity contribution is 7.10. The Morgan fingerprint density at radius 2 is 2.20 bits per heavy atom. The van der Waals surface area contributed by atoms with Crippen LogP contribution in [-0.4, -0.2) is 12.0 Å². The number of nitrogens with two attached hydrogens (primary N) is 1. The van der Waals surface area contributed by atoms with Gasteiger partial charge in [-0.05, 0) is 11.4 Å². The van der Waals surface area contributed by atoms with Gasteiger partial charge in [-0.25, -0.2) is 0 Å². The minimum atomic E-state index is -4.30. The molecular weight excluding hydrogens is 227 g/mol. The zero-order chi connectivity index (χ0) is 11.5. The molecule has 0 aromatic carbocycles. The lowest BCUT2D eigenvalue weighted by molar-refractivity contribution is -0.143. The first-order valence-electron chi connectivity index (χ1n) is 4.28. The van der Waals surface area contributed by atoms with Gasteiger partial charge >= 0.3 is 6.18 Å². The van der Waals surface area contributed by atoms with Gasteiger partial charge in [0.25, 0.3) is 0 Å². The second kappa shape index (κ2) is 4.76. The summed E-state index contributed by atoms with van der Waals surface area (Å²) in [7, 11) is 0. The normalized spacial score (nSPS) is 13.9. The number of rotatable bonds is 4. The van der Waals surface area contributed by atoms with E-state index in [0.29, 0.717) is 4.88 Å². The summed E-state index contributed by atoms with van der Waals surface area (Å²) in [5.74, 6) is -0.574. The van der Waals surface area contributed by atoms with Gasteiger partial charge in [0.15, 0.2) is 5.78 Å². The Morgan fingerprint density at radius 3 is 2.67 bits per heavy atom. The molecule has 84 valence electrons. The molecule has 1 aromatic rings. The third-order valence-corrected chi connectivity index (χ3v) is 2.81. The van der Waals surface area contributed by atoms with Gasteiger partial charge in [-0.15, -0.1) is 11.3 Å². The molecule has 0 saturated heterocycles. The summed E-state index contributed by atoms with van der Waals surface area (Å²) < 4.78 is 35.5. The second-order valence-corrected chi connectivity index (χ2v) is 4.05. The summed E-state index contributed by atoms with van der Waals surface area (Å²) in [6.45, 7) is 0. The zero-order valence-corrected chi connectivity index (χ0v) is 8.57. The molecule has 0 fully saturated rings. The van der Waals surface area contributed by atoms with Crippen molar-refractivity contribution in [2.75, 3.05) is 0 Å². The highest BCUT2D eigenvalue weighted by atomic mass is 32.1. The van der Waals surface area contributed by atoms with Crippen LogP contribution in [-0.2, 0) is 4.79 Å². The Bertz CT molecular complexity index is 321. The zero-order valence-electron chi connectivity index (χ0n) is 7.75. The quantitative estimate of drug-likeness (QED) is 0.874. The fraction of sp³-hybridized carbons (Fsp3) is 0.444. The van der Waals surface area contributed by atoms with Crippen molar-refractivity contribution in [2.24, 2.45) is 5.73 Å². The average molecular weight is 237 g/mol. The molecule has 2 nitrogen and oxygen atoms in total. The standard InChI is InChI=1S/C9H10F3NOS/c10-9(11,12)4-3-6(14)8(13)7-2-1-5-15-7/h1-2,5,8H,3-4,13H2. The van der Waals surface area contributed by atoms with E-state index in [4.69, 9.17) is 5.73 Å². The fourth-order valence-corrected chi connectivity index (χ4v) is 1.80. The van der Waals surface area contributed by atoms with Crippen LogP contribution < -0.4 is 5.73 Å². The molecular formula is C9H10F3NOS. The van der Waals surface area contributed by atoms with Gasteiger partial charge in [0.1, 0.15) is 0 Å². The van der Waals surface area contributed by atoms with Crippen LogP contribution in [0, 0.1) is 0 Å². The minimum absolute atomic E-state index is 0.553. The smallest absolute Gasteiger partial charge is 0.317 e. The van der Waals surface area contributed by atoms with Gasteiger partial charge < -0.3 is 5.73 Å². The summed E-state index contributed by atoms with van der Waals surface area (Å²) in [6, 6.07) is 2.42. The molecule has 0 spiro atoms. The largest absolute Gasteiger partial charge is 0.389 e. The van der Waals surface area contributed by atoms with E-state index in [2.05, 4.69) is 0 Å². The number of ketones is 1. The predicted octanol–water partition coefficient (Wildman–Crippen LogP) is 2.66. The Morgan fingerprint density at radius 1 is 1.53 bits per heavy atom. The van der Waals surface area contributed by atoms with Crippen molar-refractivity contribution >= 4 is 17.1 Å². The maximum atomic E-state index is 11.8. The lowest BCUT2D eigenvalue weighted by Crippen LogP contribution is -2.22. The SMILES string of the molecule is NC(C(=O)CCC(F)(F)F)c1cccs1. The number of hydrogen-bond donors (Lipinski definition) is 1. The Hall–Kier alpha value is -0.880. The van der Waals surface area contributed by atoms with Crippen molar-refractivity contribution in [3.05, 3.63) is 22.4 Å². The predicted molar refractivity (Wildman–Crippen MR) is 51.5 cm³/mol. The molecule has 0 aliphatic rings. The van der Waals surface area contributed by atoms with E-state index in [9.17, 15) is 18.0 Å². The number of carbonyl (C=O) groups excluding carboxylic acids is 1. The Labute approximate surface area is 88.9 Å². The first-order valence-corrected chi connectivity index (χ1v) is 5.16. The van der Waals surface area contributed by atoms with Crippen LogP contribution in [0.1, 0.15) is 23.8 Å². The van der Waals surface area contributed by atoms with E-state index < -0.39 is 30.8 Å². The fourth-order valence-electron chi connectivity index (χ4n) is 1.05. The lowest BCUT2D eigenvalue weighted by Gasteiger charge is -2.09. The number of alkyl halides is 3. The average Bonchev–Trinajstić information content (AvgIpc) is 2.64. The van der Waals surface area contributed by atoms with Crippen molar-refractivity contribution in [1.29, 1.82) is 0 Å². The molecule has 15 heavy (non-hydrogen) atoms. The topological polar surface area (TPSA) is 43.1 Å². The molecule has 1 rings (SSSR count). The number of halogens is 3. The second-order valence-electron chi connectivity index (χ2n) is 3.07. The van der Waals surface area contributed by atoms with Gasteiger partial charge in [-0.2, -0.15) is 13.2 Å². The van der Waals surface area contributed by atoms with Crippen molar-refractivity contribution in [3.63, 3.8) is 0 Å². The molecule has 0 bridgehead atoms. The number of hydrogen-bond acceptors (Lipinski definition) is 3. The number of carbonyl (C=O) groups is 1. The molecule has 6 heteroatoms. The minimum Gasteiger partial charge on any atom is -0.317 e. The van der Waals surface area contributed by atoms with Crippen LogP contribution in [0.25, 0.3) is 0 Å². The molecule has 1 unspecified atom stereocenters. The van der Waals surface area contributed by atoms with E-state index in [1.54, 1.807) is 17.5 Å². The van der Waals surface area contributed by atoms with Gasteiger partial charge in [-0.3, -0.25) is 4.79 Å². The van der Waals surface area contributed by atoms with Crippen LogP contribution in [0.2, 0.25) is 0 Å². The van der Waals surface area contributed by atoms with Crippen LogP contribution in [0.5, 0.6) is 0 Å².